The van der Waals surface area contributed by atoms with E-state index >= 15 is 0 Å². The Hall–Kier alpha value is -2.17. The number of rotatable bonds is 5. The van der Waals surface area contributed by atoms with Crippen LogP contribution < -0.4 is 9.36 Å². The van der Waals surface area contributed by atoms with Crippen molar-refractivity contribution < 1.29 is 9.90 Å². The van der Waals surface area contributed by atoms with E-state index in [2.05, 4.69) is 28.1 Å². The molecule has 0 bridgehead atoms. The number of carbonyl (C=O) groups is 1. The molecule has 146 valence electrons. The molecule has 29 heavy (non-hydrogen) atoms. The van der Waals surface area contributed by atoms with Crippen molar-refractivity contribution in [2.75, 3.05) is 17.3 Å². The van der Waals surface area contributed by atoms with Gasteiger partial charge >= 0.3 is 186 Å². The van der Waals surface area contributed by atoms with Crippen molar-refractivity contribution in [3.05, 3.63) is 101 Å². The zero-order chi connectivity index (χ0) is 20.4. The Bertz CT molecular complexity index is 1070. The zero-order valence-corrected chi connectivity index (χ0v) is 19.2. The SMILES string of the molecule is CN1C(=O)[C@@](O)(/C(=C(\CBr)[Se]c2ccccc2)c2ccccc2)c2ccccc21. The Balaban J connectivity index is 1.98. The molecule has 0 unspecified atom stereocenters. The minimum absolute atomic E-state index is 0.0535. The standard InChI is InChI=1S/C24H20BrNO2Se/c1-26-20-15-9-8-14-19(20)24(28,23(26)27)22(17-10-4-2-5-11-17)21(16-25)29-18-12-6-3-7-13-18/h2-15,28H,16H2,1H3/b22-21+/t24-/m0/s1. The third-order valence-corrected chi connectivity index (χ3v) is 8.79. The van der Waals surface area contributed by atoms with Gasteiger partial charge in [-0.2, -0.15) is 0 Å². The number of alkyl halides is 1. The summed E-state index contributed by atoms with van der Waals surface area (Å²) in [4.78, 5) is 15.0. The number of allylic oxidation sites excluding steroid dienone is 1. The predicted octanol–water partition coefficient (Wildman–Crippen LogP) is 3.69. The molecule has 3 nitrogen and oxygen atoms in total. The van der Waals surface area contributed by atoms with Crippen LogP contribution in [0.1, 0.15) is 11.1 Å². The Morgan fingerprint density at radius 2 is 1.55 bits per heavy atom. The number of hydrogen-bond acceptors (Lipinski definition) is 2. The number of benzene rings is 3. The van der Waals surface area contributed by atoms with Crippen molar-refractivity contribution in [3.8, 4) is 0 Å². The molecule has 4 rings (SSSR count). The van der Waals surface area contributed by atoms with Crippen LogP contribution in [0.4, 0.5) is 5.69 Å². The number of amides is 1. The summed E-state index contributed by atoms with van der Waals surface area (Å²) in [5.41, 5.74) is 1.20. The molecule has 1 aliphatic rings. The Labute approximate surface area is 185 Å². The summed E-state index contributed by atoms with van der Waals surface area (Å²) in [5, 5.41) is 12.6. The maximum atomic E-state index is 13.4. The van der Waals surface area contributed by atoms with Crippen LogP contribution in [0.5, 0.6) is 0 Å². The molecular weight excluding hydrogens is 493 g/mol. The molecule has 0 saturated carbocycles. The Kier molecular flexibility index (Phi) is 5.75. The predicted molar refractivity (Wildman–Crippen MR) is 123 cm³/mol. The second kappa shape index (κ2) is 8.29. The van der Waals surface area contributed by atoms with Crippen LogP contribution in [-0.2, 0) is 10.4 Å². The van der Waals surface area contributed by atoms with Crippen molar-refractivity contribution in [2.45, 2.75) is 5.60 Å². The number of carbonyl (C=O) groups excluding carboxylic acids is 1. The van der Waals surface area contributed by atoms with E-state index in [1.807, 2.05) is 72.8 Å². The molecule has 1 atom stereocenters. The van der Waals surface area contributed by atoms with Crippen LogP contribution >= 0.6 is 15.9 Å². The van der Waals surface area contributed by atoms with E-state index in [-0.39, 0.29) is 20.9 Å². The van der Waals surface area contributed by atoms with Gasteiger partial charge in [0.25, 0.3) is 0 Å². The molecular formula is C24H20BrNO2Se. The van der Waals surface area contributed by atoms with Crippen LogP contribution in [0.3, 0.4) is 0 Å². The molecule has 1 heterocycles. The first-order valence-corrected chi connectivity index (χ1v) is 12.1. The molecule has 0 aromatic heterocycles. The number of likely N-dealkylation sites (N-methyl/N-ethyl adjacent to an activating group) is 1. The third kappa shape index (κ3) is 3.49. The summed E-state index contributed by atoms with van der Waals surface area (Å²) in [7, 11) is 1.72. The van der Waals surface area contributed by atoms with E-state index in [9.17, 15) is 9.90 Å². The fraction of sp³-hybridized carbons (Fsp3) is 0.125. The summed E-state index contributed by atoms with van der Waals surface area (Å²) in [5.74, 6) is -0.320. The van der Waals surface area contributed by atoms with Gasteiger partial charge in [-0.05, 0) is 0 Å². The van der Waals surface area contributed by atoms with Gasteiger partial charge in [-0.25, -0.2) is 0 Å². The number of fused-ring (bicyclic) bond motifs is 1. The average Bonchev–Trinajstić information content (AvgIpc) is 2.97. The summed E-state index contributed by atoms with van der Waals surface area (Å²) < 4.78 is 2.23. The number of anilines is 1. The van der Waals surface area contributed by atoms with Crippen LogP contribution in [0.15, 0.2) is 89.4 Å². The summed E-state index contributed by atoms with van der Waals surface area (Å²) >= 11 is 3.59. The van der Waals surface area contributed by atoms with Crippen molar-refractivity contribution in [1.29, 1.82) is 0 Å². The molecule has 0 aliphatic carbocycles. The molecule has 1 N–H and O–H groups in total. The Morgan fingerprint density at radius 3 is 2.21 bits per heavy atom. The number of halogens is 1. The summed E-state index contributed by atoms with van der Waals surface area (Å²) in [6.07, 6.45) is 0. The summed E-state index contributed by atoms with van der Waals surface area (Å²) in [6, 6.07) is 27.4. The first kappa shape index (κ1) is 20.1. The van der Waals surface area contributed by atoms with Crippen LogP contribution in [0, 0.1) is 0 Å². The number of hydrogen-bond donors (Lipinski definition) is 1. The van der Waals surface area contributed by atoms with E-state index in [1.165, 1.54) is 4.46 Å². The van der Waals surface area contributed by atoms with Gasteiger partial charge in [0.1, 0.15) is 0 Å². The topological polar surface area (TPSA) is 40.5 Å². The van der Waals surface area contributed by atoms with Crippen molar-refractivity contribution in [2.24, 2.45) is 0 Å². The molecule has 3 aromatic carbocycles. The molecule has 0 radical (unpaired) electrons. The number of nitrogens with zero attached hydrogens (tertiary/aromatic N) is 1. The first-order chi connectivity index (χ1) is 14.1. The van der Waals surface area contributed by atoms with E-state index in [4.69, 9.17) is 0 Å². The van der Waals surface area contributed by atoms with Crippen molar-refractivity contribution in [1.82, 2.24) is 0 Å². The van der Waals surface area contributed by atoms with E-state index in [0.29, 0.717) is 16.5 Å². The second-order valence-corrected chi connectivity index (χ2v) is 9.82. The minimum atomic E-state index is -1.72. The first-order valence-electron chi connectivity index (χ1n) is 9.25. The van der Waals surface area contributed by atoms with Gasteiger partial charge in [-0.15, -0.1) is 0 Å². The fourth-order valence-corrected chi connectivity index (χ4v) is 6.71. The summed E-state index contributed by atoms with van der Waals surface area (Å²) in [6.45, 7) is 0. The Morgan fingerprint density at radius 1 is 0.966 bits per heavy atom. The van der Waals surface area contributed by atoms with Gasteiger partial charge < -0.3 is 0 Å². The van der Waals surface area contributed by atoms with E-state index in [0.717, 1.165) is 15.7 Å². The van der Waals surface area contributed by atoms with E-state index in [1.54, 1.807) is 11.9 Å². The third-order valence-electron chi connectivity index (χ3n) is 5.08. The fourth-order valence-electron chi connectivity index (χ4n) is 3.73. The number of para-hydroxylation sites is 1. The van der Waals surface area contributed by atoms with Crippen molar-refractivity contribution >= 4 is 52.5 Å². The van der Waals surface area contributed by atoms with Gasteiger partial charge in [0, 0.05) is 0 Å². The maximum absolute atomic E-state index is 13.4. The number of aliphatic hydroxyl groups is 1. The normalized spacial score (nSPS) is 19.1. The van der Waals surface area contributed by atoms with Gasteiger partial charge in [0.05, 0.1) is 0 Å². The molecule has 1 amide bonds. The monoisotopic (exact) mass is 513 g/mol. The van der Waals surface area contributed by atoms with Gasteiger partial charge in [0.2, 0.25) is 0 Å². The molecule has 0 saturated heterocycles. The molecule has 0 spiro atoms. The van der Waals surface area contributed by atoms with Crippen LogP contribution in [0.25, 0.3) is 5.57 Å². The zero-order valence-electron chi connectivity index (χ0n) is 15.9. The van der Waals surface area contributed by atoms with Gasteiger partial charge in [-0.1, -0.05) is 0 Å². The van der Waals surface area contributed by atoms with E-state index < -0.39 is 5.60 Å². The average molecular weight is 513 g/mol. The van der Waals surface area contributed by atoms with Gasteiger partial charge in [-0.3, -0.25) is 0 Å². The quantitative estimate of drug-likeness (QED) is 0.418. The molecule has 5 heteroatoms. The second-order valence-electron chi connectivity index (χ2n) is 6.80. The van der Waals surface area contributed by atoms with Crippen molar-refractivity contribution in [3.63, 3.8) is 0 Å². The molecule has 0 fully saturated rings. The molecule has 3 aromatic rings. The van der Waals surface area contributed by atoms with Crippen LogP contribution in [-0.4, -0.2) is 38.3 Å². The van der Waals surface area contributed by atoms with Crippen LogP contribution in [0.2, 0.25) is 0 Å². The molecule has 1 aliphatic heterocycles. The van der Waals surface area contributed by atoms with Gasteiger partial charge in [0.15, 0.2) is 0 Å².